The summed E-state index contributed by atoms with van der Waals surface area (Å²) in [6, 6.07) is 6.65. The minimum Gasteiger partial charge on any atom is -0.339 e. The number of benzene rings is 1. The summed E-state index contributed by atoms with van der Waals surface area (Å²) in [5.41, 5.74) is -0.170. The van der Waals surface area contributed by atoms with Crippen molar-refractivity contribution in [2.24, 2.45) is 12.5 Å². The van der Waals surface area contributed by atoms with E-state index in [-0.39, 0.29) is 30.1 Å². The van der Waals surface area contributed by atoms with Crippen molar-refractivity contribution in [3.8, 4) is 5.69 Å². The SMILES string of the molecule is CCN([C@H]1CCC2=Cc3c(cnn3-c3ccc(F)cc3)C[C@]2(C(=O)c2cc(C(F)(F)F)ccn2)C1)S(=O)(=O)c1cn(C)cn1. The number of aryl methyl sites for hydroxylation is 1. The lowest BCUT2D eigenvalue weighted by Gasteiger charge is -2.46. The van der Waals surface area contributed by atoms with E-state index in [1.807, 2.05) is 0 Å². The molecule has 3 aromatic heterocycles. The largest absolute Gasteiger partial charge is 0.416 e. The number of rotatable bonds is 7. The quantitative estimate of drug-likeness (QED) is 0.205. The third-order valence-corrected chi connectivity index (χ3v) is 10.3. The molecule has 2 aliphatic rings. The Morgan fingerprint density at radius 1 is 1.16 bits per heavy atom. The minimum atomic E-state index is -4.69. The first-order valence-corrected chi connectivity index (χ1v) is 15.4. The molecule has 0 saturated heterocycles. The summed E-state index contributed by atoms with van der Waals surface area (Å²) in [4.78, 5) is 22.5. The summed E-state index contributed by atoms with van der Waals surface area (Å²) in [6.45, 7) is 1.79. The van der Waals surface area contributed by atoms with E-state index >= 15 is 0 Å². The van der Waals surface area contributed by atoms with Crippen LogP contribution in [0.25, 0.3) is 11.8 Å². The number of imidazole rings is 1. The number of carbonyl (C=O) groups is 1. The van der Waals surface area contributed by atoms with Gasteiger partial charge in [0, 0.05) is 32.0 Å². The topological polar surface area (TPSA) is 103 Å². The van der Waals surface area contributed by atoms with Crippen LogP contribution in [0.2, 0.25) is 0 Å². The molecule has 2 aliphatic carbocycles. The zero-order valence-electron chi connectivity index (χ0n) is 23.8. The van der Waals surface area contributed by atoms with Crippen molar-refractivity contribution in [3.63, 3.8) is 0 Å². The molecule has 0 aliphatic heterocycles. The second-order valence-electron chi connectivity index (χ2n) is 11.1. The normalized spacial score (nSPS) is 20.2. The summed E-state index contributed by atoms with van der Waals surface area (Å²) in [6.07, 6.45) is 3.21. The van der Waals surface area contributed by atoms with Gasteiger partial charge in [-0.15, -0.1) is 0 Å². The Hall–Kier alpha value is -4.17. The third-order valence-electron chi connectivity index (χ3n) is 8.43. The Bertz CT molecular complexity index is 1880. The van der Waals surface area contributed by atoms with Gasteiger partial charge in [-0.2, -0.15) is 22.6 Å². The van der Waals surface area contributed by atoms with Crippen LogP contribution >= 0.6 is 0 Å². The number of ketones is 1. The van der Waals surface area contributed by atoms with E-state index in [1.165, 1.54) is 33.5 Å². The van der Waals surface area contributed by atoms with Gasteiger partial charge >= 0.3 is 6.18 Å². The van der Waals surface area contributed by atoms with E-state index in [4.69, 9.17) is 0 Å². The summed E-state index contributed by atoms with van der Waals surface area (Å²) < 4.78 is 86.3. The van der Waals surface area contributed by atoms with Crippen molar-refractivity contribution in [1.29, 1.82) is 0 Å². The summed E-state index contributed by atoms with van der Waals surface area (Å²) in [5, 5.41) is 4.34. The Labute approximate surface area is 250 Å². The number of pyridine rings is 1. The van der Waals surface area contributed by atoms with Crippen LogP contribution in [-0.2, 0) is 29.7 Å². The van der Waals surface area contributed by atoms with Gasteiger partial charge in [-0.3, -0.25) is 9.78 Å². The Morgan fingerprint density at radius 3 is 2.57 bits per heavy atom. The van der Waals surface area contributed by atoms with E-state index in [2.05, 4.69) is 15.1 Å². The first-order chi connectivity index (χ1) is 20.8. The fourth-order valence-corrected chi connectivity index (χ4v) is 7.99. The van der Waals surface area contributed by atoms with E-state index in [0.717, 1.165) is 18.3 Å². The Balaban J connectivity index is 1.45. The fourth-order valence-electron chi connectivity index (χ4n) is 6.36. The van der Waals surface area contributed by atoms with E-state index in [0.29, 0.717) is 35.4 Å². The van der Waals surface area contributed by atoms with Crippen LogP contribution < -0.4 is 0 Å². The number of hydrogen-bond donors (Lipinski definition) is 0. The summed E-state index contributed by atoms with van der Waals surface area (Å²) in [5.74, 6) is -1.03. The maximum absolute atomic E-state index is 14.4. The first-order valence-electron chi connectivity index (χ1n) is 14.0. The number of aromatic nitrogens is 5. The molecule has 2 atom stereocenters. The van der Waals surface area contributed by atoms with Gasteiger partial charge in [-0.25, -0.2) is 22.5 Å². The van der Waals surface area contributed by atoms with Crippen molar-refractivity contribution in [2.45, 2.75) is 49.9 Å². The van der Waals surface area contributed by atoms with E-state index in [9.17, 15) is 30.8 Å². The van der Waals surface area contributed by atoms with Gasteiger partial charge in [0.15, 0.2) is 10.8 Å². The molecule has 1 saturated carbocycles. The highest BCUT2D eigenvalue weighted by molar-refractivity contribution is 7.89. The minimum absolute atomic E-state index is 0.0245. The van der Waals surface area contributed by atoms with Crippen LogP contribution in [0, 0.1) is 11.2 Å². The molecule has 6 rings (SSSR count). The fraction of sp³-hybridized carbons (Fsp3) is 0.333. The van der Waals surface area contributed by atoms with Gasteiger partial charge < -0.3 is 4.57 Å². The smallest absolute Gasteiger partial charge is 0.339 e. The number of Topliss-reactive ketones (excluding diaryl/α,β-unsaturated/α-hetero) is 1. The lowest BCUT2D eigenvalue weighted by Crippen LogP contribution is -2.50. The van der Waals surface area contributed by atoms with Gasteiger partial charge in [-0.1, -0.05) is 12.5 Å². The molecular weight excluding hydrogens is 600 g/mol. The number of sulfonamides is 1. The van der Waals surface area contributed by atoms with Gasteiger partial charge in [-0.05, 0) is 73.7 Å². The van der Waals surface area contributed by atoms with Gasteiger partial charge in [0.2, 0.25) is 0 Å². The van der Waals surface area contributed by atoms with E-state index < -0.39 is 44.8 Å². The maximum atomic E-state index is 14.4. The lowest BCUT2D eigenvalue weighted by atomic mass is 9.60. The van der Waals surface area contributed by atoms with Crippen molar-refractivity contribution in [1.82, 2.24) is 28.6 Å². The molecule has 0 spiro atoms. The van der Waals surface area contributed by atoms with Crippen LogP contribution in [0.5, 0.6) is 0 Å². The number of hydrogen-bond acceptors (Lipinski definition) is 6. The van der Waals surface area contributed by atoms with Crippen LogP contribution in [0.15, 0.2) is 71.9 Å². The molecule has 0 radical (unpaired) electrons. The number of carbonyl (C=O) groups excluding carboxylic acids is 1. The predicted octanol–water partition coefficient (Wildman–Crippen LogP) is 5.23. The molecule has 14 heteroatoms. The molecule has 0 unspecified atom stereocenters. The molecule has 0 N–H and O–H groups in total. The third kappa shape index (κ3) is 5.05. The van der Waals surface area contributed by atoms with Crippen molar-refractivity contribution in [3.05, 3.63) is 95.2 Å². The van der Waals surface area contributed by atoms with Gasteiger partial charge in [0.05, 0.1) is 34.9 Å². The standard InChI is InChI=1S/C30H28F4N6O3S/c1-3-39(44(42,43)27-17-38(2)18-36-27)24-7-4-20-13-26-19(16-37-40(26)23-8-5-22(31)6-9-23)14-29(20,15-24)28(41)25-12-21(10-11-35-25)30(32,33)34/h5-6,8-13,16-18,24H,3-4,7,14-15H2,1-2H3/t24-,29-/m0/s1. The number of nitrogens with zero attached hydrogens (tertiary/aromatic N) is 6. The number of alkyl halides is 3. The van der Waals surface area contributed by atoms with Crippen LogP contribution in [0.4, 0.5) is 17.6 Å². The first kappa shape index (κ1) is 29.9. The molecule has 230 valence electrons. The average Bonchev–Trinajstić information content (AvgIpc) is 3.62. The van der Waals surface area contributed by atoms with Crippen molar-refractivity contribution >= 4 is 21.9 Å². The highest BCUT2D eigenvalue weighted by Crippen LogP contribution is 2.51. The molecular formula is C30H28F4N6O3S. The highest BCUT2D eigenvalue weighted by Gasteiger charge is 2.52. The number of fused-ring (bicyclic) bond motifs is 2. The Kier molecular flexibility index (Phi) is 7.31. The zero-order valence-corrected chi connectivity index (χ0v) is 24.6. The second kappa shape index (κ2) is 10.8. The molecule has 44 heavy (non-hydrogen) atoms. The molecule has 4 aromatic rings. The van der Waals surface area contributed by atoms with E-state index in [1.54, 1.807) is 43.1 Å². The summed E-state index contributed by atoms with van der Waals surface area (Å²) >= 11 is 0. The average molecular weight is 629 g/mol. The predicted molar refractivity (Wildman–Crippen MR) is 152 cm³/mol. The molecule has 0 amide bonds. The van der Waals surface area contributed by atoms with Crippen LogP contribution in [-0.4, -0.2) is 55.4 Å². The van der Waals surface area contributed by atoms with Gasteiger partial charge in [0.25, 0.3) is 10.0 Å². The van der Waals surface area contributed by atoms with Crippen LogP contribution in [0.3, 0.4) is 0 Å². The molecule has 0 bridgehead atoms. The summed E-state index contributed by atoms with van der Waals surface area (Å²) in [7, 11) is -2.39. The lowest BCUT2D eigenvalue weighted by molar-refractivity contribution is -0.137. The second-order valence-corrected chi connectivity index (χ2v) is 12.9. The Morgan fingerprint density at radius 2 is 1.91 bits per heavy atom. The van der Waals surface area contributed by atoms with Crippen molar-refractivity contribution in [2.75, 3.05) is 6.54 Å². The maximum Gasteiger partial charge on any atom is 0.416 e. The molecule has 9 nitrogen and oxygen atoms in total. The number of halogens is 4. The monoisotopic (exact) mass is 628 g/mol. The molecule has 1 fully saturated rings. The molecule has 3 heterocycles. The number of allylic oxidation sites excluding steroid dienone is 1. The van der Waals surface area contributed by atoms with Gasteiger partial charge in [0.1, 0.15) is 11.5 Å². The van der Waals surface area contributed by atoms with Crippen molar-refractivity contribution < 1.29 is 30.8 Å². The van der Waals surface area contributed by atoms with Crippen LogP contribution in [0.1, 0.15) is 53.5 Å². The molecule has 1 aromatic carbocycles. The zero-order chi connectivity index (χ0) is 31.4. The highest BCUT2D eigenvalue weighted by atomic mass is 32.2.